The first-order valence-electron chi connectivity index (χ1n) is 7.75. The Labute approximate surface area is 144 Å². The van der Waals surface area contributed by atoms with Crippen molar-refractivity contribution in [1.29, 1.82) is 0 Å². The van der Waals surface area contributed by atoms with Gasteiger partial charge >= 0.3 is 11.9 Å². The highest BCUT2D eigenvalue weighted by molar-refractivity contribution is 6.35. The molecule has 0 amide bonds. The molecule has 1 spiro atoms. The van der Waals surface area contributed by atoms with E-state index in [0.717, 1.165) is 11.1 Å². The summed E-state index contributed by atoms with van der Waals surface area (Å²) >= 11 is 6.46. The summed E-state index contributed by atoms with van der Waals surface area (Å²) in [6.45, 7) is 3.63. The average molecular weight is 349 g/mol. The van der Waals surface area contributed by atoms with E-state index in [1.54, 1.807) is 19.9 Å². The molecule has 0 aromatic heterocycles. The number of rotatable bonds is 4. The number of hydrogen-bond donors (Lipinski definition) is 0. The van der Waals surface area contributed by atoms with Crippen LogP contribution in [0.2, 0.25) is 0 Å². The van der Waals surface area contributed by atoms with Gasteiger partial charge in [-0.2, -0.15) is 10.2 Å². The van der Waals surface area contributed by atoms with Crippen LogP contribution < -0.4 is 0 Å². The van der Waals surface area contributed by atoms with Crippen LogP contribution in [0.25, 0.3) is 6.08 Å². The number of halogens is 1. The lowest BCUT2D eigenvalue weighted by Crippen LogP contribution is -2.49. The van der Waals surface area contributed by atoms with Crippen molar-refractivity contribution < 1.29 is 19.1 Å². The van der Waals surface area contributed by atoms with Gasteiger partial charge in [0.1, 0.15) is 11.5 Å². The Balaban J connectivity index is 2.12. The maximum atomic E-state index is 12.7. The highest BCUT2D eigenvalue weighted by Gasteiger charge is 2.66. The van der Waals surface area contributed by atoms with Gasteiger partial charge in [-0.05, 0) is 31.1 Å². The van der Waals surface area contributed by atoms with Crippen LogP contribution in [0.5, 0.6) is 0 Å². The van der Waals surface area contributed by atoms with Gasteiger partial charge in [0.05, 0.1) is 13.2 Å². The van der Waals surface area contributed by atoms with E-state index in [0.29, 0.717) is 0 Å². The van der Waals surface area contributed by atoms with Crippen LogP contribution in [0, 0.1) is 5.92 Å². The van der Waals surface area contributed by atoms with Gasteiger partial charge in [-0.3, -0.25) is 4.79 Å². The summed E-state index contributed by atoms with van der Waals surface area (Å²) in [7, 11) is 0. The minimum atomic E-state index is -1.94. The number of nitrogens with zero attached hydrogens (tertiary/aromatic N) is 2. The minimum absolute atomic E-state index is 0.123. The summed E-state index contributed by atoms with van der Waals surface area (Å²) in [5.74, 6) is -2.57. The quantitative estimate of drug-likeness (QED) is 0.476. The van der Waals surface area contributed by atoms with Crippen molar-refractivity contribution in [3.05, 3.63) is 41.5 Å². The van der Waals surface area contributed by atoms with Gasteiger partial charge in [0.25, 0.3) is 5.00 Å². The maximum absolute atomic E-state index is 12.7. The van der Waals surface area contributed by atoms with E-state index in [1.807, 2.05) is 30.3 Å². The number of carbonyl (C=O) groups excluding carboxylic acids is 2. The van der Waals surface area contributed by atoms with E-state index in [2.05, 4.69) is 10.2 Å². The number of hydrogen-bond acceptors (Lipinski definition) is 6. The monoisotopic (exact) mass is 348 g/mol. The van der Waals surface area contributed by atoms with Gasteiger partial charge < -0.3 is 9.47 Å². The molecule has 0 saturated heterocycles. The third kappa shape index (κ3) is 2.24. The second-order valence-corrected chi connectivity index (χ2v) is 6.10. The number of ether oxygens (including phenoxy) is 2. The Morgan fingerprint density at radius 3 is 2.58 bits per heavy atom. The fourth-order valence-corrected chi connectivity index (χ4v) is 3.52. The van der Waals surface area contributed by atoms with Crippen molar-refractivity contribution in [2.24, 2.45) is 16.1 Å². The van der Waals surface area contributed by atoms with Crippen molar-refractivity contribution in [1.82, 2.24) is 0 Å². The molecule has 1 heterocycles. The fraction of sp³-hybridized carbons (Fsp3) is 0.412. The lowest BCUT2D eigenvalue weighted by atomic mass is 9.77. The van der Waals surface area contributed by atoms with Crippen LogP contribution in [0.15, 0.2) is 40.6 Å². The van der Waals surface area contributed by atoms with E-state index >= 15 is 0 Å². The number of esters is 2. The van der Waals surface area contributed by atoms with Crippen molar-refractivity contribution in [2.75, 3.05) is 13.2 Å². The van der Waals surface area contributed by atoms with Gasteiger partial charge in [-0.1, -0.05) is 41.9 Å². The van der Waals surface area contributed by atoms with Crippen molar-refractivity contribution in [2.45, 2.75) is 24.4 Å². The molecule has 0 saturated carbocycles. The molecule has 3 rings (SSSR count). The average Bonchev–Trinajstić information content (AvgIpc) is 3.09. The van der Waals surface area contributed by atoms with Crippen LogP contribution >= 0.6 is 11.6 Å². The molecule has 0 fully saturated rings. The topological polar surface area (TPSA) is 77.3 Å². The summed E-state index contributed by atoms with van der Waals surface area (Å²) < 4.78 is 10.2. The Hall–Kier alpha value is -2.21. The van der Waals surface area contributed by atoms with Gasteiger partial charge in [-0.15, -0.1) is 0 Å². The second kappa shape index (κ2) is 6.02. The third-order valence-corrected chi connectivity index (χ3v) is 4.63. The smallest absolute Gasteiger partial charge is 0.352 e. The Kier molecular flexibility index (Phi) is 4.17. The highest BCUT2D eigenvalue weighted by atomic mass is 35.5. The molecule has 1 aliphatic carbocycles. The van der Waals surface area contributed by atoms with Crippen molar-refractivity contribution in [3.8, 4) is 0 Å². The largest absolute Gasteiger partial charge is 0.466 e. The lowest BCUT2D eigenvalue weighted by molar-refractivity contribution is -0.158. The van der Waals surface area contributed by atoms with Crippen LogP contribution in [0.4, 0.5) is 0 Å². The van der Waals surface area contributed by atoms with E-state index < -0.39 is 28.4 Å². The first kappa shape index (κ1) is 16.6. The molecule has 1 aromatic carbocycles. The molecule has 1 aromatic rings. The fourth-order valence-electron chi connectivity index (χ4n) is 3.17. The summed E-state index contributed by atoms with van der Waals surface area (Å²) in [5.41, 5.74) is 0.506. The SMILES string of the molecule is CCOC(=O)[C@H]1[C@](Cl)(C(=O)OCC)N=N[C@]12C=Cc1ccccc12. The molecule has 0 N–H and O–H groups in total. The molecule has 1 aliphatic heterocycles. The Bertz CT molecular complexity index is 748. The number of azo groups is 1. The van der Waals surface area contributed by atoms with Gasteiger partial charge in [0.15, 0.2) is 0 Å². The standard InChI is InChI=1S/C17H17ClN2O4/c1-3-23-14(21)13-16(10-9-11-7-5-6-8-12(11)16)19-20-17(13,18)15(22)24-4-2/h5-10,13H,3-4H2,1-2H3/t13-,16+,17-/m1/s1. The summed E-state index contributed by atoms with van der Waals surface area (Å²) in [6, 6.07) is 7.46. The van der Waals surface area contributed by atoms with E-state index in [4.69, 9.17) is 21.1 Å². The number of carbonyl (C=O) groups is 2. The Morgan fingerprint density at radius 2 is 1.88 bits per heavy atom. The summed E-state index contributed by atoms with van der Waals surface area (Å²) in [6.07, 6.45) is 3.58. The highest BCUT2D eigenvalue weighted by Crippen LogP contribution is 2.55. The maximum Gasteiger partial charge on any atom is 0.352 e. The lowest BCUT2D eigenvalue weighted by Gasteiger charge is -2.30. The van der Waals surface area contributed by atoms with Gasteiger partial charge in [0, 0.05) is 0 Å². The molecule has 126 valence electrons. The van der Waals surface area contributed by atoms with Gasteiger partial charge in [-0.25, -0.2) is 4.79 Å². The van der Waals surface area contributed by atoms with E-state index in [-0.39, 0.29) is 13.2 Å². The minimum Gasteiger partial charge on any atom is -0.466 e. The molecule has 7 heteroatoms. The zero-order chi connectivity index (χ0) is 17.4. The van der Waals surface area contributed by atoms with Crippen molar-refractivity contribution >= 4 is 29.6 Å². The predicted octanol–water partition coefficient (Wildman–Crippen LogP) is 3.05. The number of fused-ring (bicyclic) bond motifs is 2. The molecule has 0 unspecified atom stereocenters. The second-order valence-electron chi connectivity index (χ2n) is 5.52. The molecule has 3 atom stereocenters. The molecule has 2 aliphatic rings. The molecular formula is C17H17ClN2O4. The first-order chi connectivity index (χ1) is 11.5. The van der Waals surface area contributed by atoms with Crippen LogP contribution in [0.1, 0.15) is 25.0 Å². The first-order valence-corrected chi connectivity index (χ1v) is 8.13. The normalized spacial score (nSPS) is 29.7. The molecule has 0 bridgehead atoms. The summed E-state index contributed by atoms with van der Waals surface area (Å²) in [5, 5.41) is 8.22. The number of benzene rings is 1. The number of alkyl halides is 1. The molecule has 0 radical (unpaired) electrons. The van der Waals surface area contributed by atoms with Crippen LogP contribution in [0.3, 0.4) is 0 Å². The van der Waals surface area contributed by atoms with Crippen LogP contribution in [-0.2, 0) is 24.6 Å². The zero-order valence-corrected chi connectivity index (χ0v) is 14.1. The van der Waals surface area contributed by atoms with E-state index in [1.165, 1.54) is 0 Å². The van der Waals surface area contributed by atoms with Crippen molar-refractivity contribution in [3.63, 3.8) is 0 Å². The van der Waals surface area contributed by atoms with Gasteiger partial charge in [0.2, 0.25) is 0 Å². The molecule has 24 heavy (non-hydrogen) atoms. The summed E-state index contributed by atoms with van der Waals surface area (Å²) in [4.78, 5) is 23.1. The zero-order valence-electron chi connectivity index (χ0n) is 13.4. The molecular weight excluding hydrogens is 332 g/mol. The third-order valence-electron chi connectivity index (χ3n) is 4.18. The predicted molar refractivity (Wildman–Crippen MR) is 87.4 cm³/mol. The van der Waals surface area contributed by atoms with Crippen LogP contribution in [-0.4, -0.2) is 30.2 Å². The molecule has 6 nitrogen and oxygen atoms in total. The Morgan fingerprint density at radius 1 is 1.17 bits per heavy atom. The van der Waals surface area contributed by atoms with E-state index in [9.17, 15) is 9.59 Å².